The number of aliphatic imine (C=N–C) groups is 1. The van der Waals surface area contributed by atoms with Gasteiger partial charge in [0.1, 0.15) is 32.8 Å². The number of pyridine rings is 2. The van der Waals surface area contributed by atoms with Gasteiger partial charge in [-0.2, -0.15) is 9.97 Å². The number of carbonyl (C=O) groups is 2. The maximum atomic E-state index is 11.7. The number of benzene rings is 2. The van der Waals surface area contributed by atoms with Crippen molar-refractivity contribution in [2.24, 2.45) is 4.99 Å². The first-order valence-electron chi connectivity index (χ1n) is 16.4. The second-order valence-corrected chi connectivity index (χ2v) is 12.0. The van der Waals surface area contributed by atoms with Crippen LogP contribution in [0.25, 0.3) is 11.1 Å². The van der Waals surface area contributed by atoms with Crippen LogP contribution in [0, 0.1) is 13.8 Å². The molecule has 0 fully saturated rings. The van der Waals surface area contributed by atoms with E-state index in [0.29, 0.717) is 35.5 Å². The number of aldehydes is 2. The van der Waals surface area contributed by atoms with E-state index in [1.54, 1.807) is 49.1 Å². The summed E-state index contributed by atoms with van der Waals surface area (Å²) in [5, 5.41) is 0. The van der Waals surface area contributed by atoms with Crippen LogP contribution in [0.1, 0.15) is 62.4 Å². The largest absolute Gasteiger partial charge is 0.473 e. The summed E-state index contributed by atoms with van der Waals surface area (Å²) in [7, 11) is 0. The number of rotatable bonds is 17. The van der Waals surface area contributed by atoms with Crippen LogP contribution in [0.2, 0.25) is 0 Å². The van der Waals surface area contributed by atoms with Gasteiger partial charge in [0.25, 0.3) is 0 Å². The van der Waals surface area contributed by atoms with Crippen LogP contribution in [0.3, 0.4) is 0 Å². The monoisotopic (exact) mass is 697 g/mol. The second kappa shape index (κ2) is 18.0. The molecular formula is C41H39N5O6. The fraction of sp³-hybridized carbons (Fsp3) is 0.195. The minimum absolute atomic E-state index is 0.158. The molecule has 0 spiro atoms. The first-order valence-corrected chi connectivity index (χ1v) is 16.4. The molecule has 0 bridgehead atoms. The van der Waals surface area contributed by atoms with Gasteiger partial charge in [0.2, 0.25) is 23.5 Å². The molecule has 0 saturated carbocycles. The minimum atomic E-state index is 0.158. The predicted octanol–water partition coefficient (Wildman–Crippen LogP) is 7.84. The Kier molecular flexibility index (Phi) is 12.7. The lowest BCUT2D eigenvalue weighted by atomic mass is 9.92. The lowest BCUT2D eigenvalue weighted by Gasteiger charge is -2.17. The molecule has 3 aromatic heterocycles. The van der Waals surface area contributed by atoms with Crippen molar-refractivity contribution >= 4 is 18.8 Å². The number of carbonyl (C=O) groups excluding carboxylic acids is 2. The third-order valence-electron chi connectivity index (χ3n) is 7.93. The quantitative estimate of drug-likeness (QED) is 0.0698. The van der Waals surface area contributed by atoms with E-state index in [1.165, 1.54) is 6.33 Å². The topological polar surface area (TPSA) is 135 Å². The van der Waals surface area contributed by atoms with Crippen molar-refractivity contribution < 1.29 is 28.5 Å². The highest BCUT2D eigenvalue weighted by Crippen LogP contribution is 2.32. The Balaban J connectivity index is 1.26. The van der Waals surface area contributed by atoms with Crippen LogP contribution in [-0.4, -0.2) is 45.3 Å². The number of aromatic nitrogens is 4. The Hall–Kier alpha value is -6.49. The zero-order valence-corrected chi connectivity index (χ0v) is 29.5. The summed E-state index contributed by atoms with van der Waals surface area (Å²) in [6, 6.07) is 18.7. The smallest absolute Gasteiger partial charge is 0.227 e. The van der Waals surface area contributed by atoms with Gasteiger partial charge >= 0.3 is 0 Å². The maximum Gasteiger partial charge on any atom is 0.227 e. The van der Waals surface area contributed by atoms with E-state index in [-0.39, 0.29) is 38.2 Å². The zero-order valence-electron chi connectivity index (χ0n) is 29.5. The fourth-order valence-corrected chi connectivity index (χ4v) is 5.07. The molecule has 0 radical (unpaired) electrons. The lowest BCUT2D eigenvalue weighted by molar-refractivity contribution is 0.111. The van der Waals surface area contributed by atoms with E-state index < -0.39 is 0 Å². The van der Waals surface area contributed by atoms with Gasteiger partial charge in [0.05, 0.1) is 11.1 Å². The highest BCUT2D eigenvalue weighted by Gasteiger charge is 2.14. The van der Waals surface area contributed by atoms with Gasteiger partial charge in [-0.15, -0.1) is 0 Å². The number of allylic oxidation sites excluding steroid dienone is 1. The number of nitrogens with zero attached hydrogens (tertiary/aromatic N) is 5. The molecule has 0 atom stereocenters. The van der Waals surface area contributed by atoms with E-state index in [0.717, 1.165) is 50.1 Å². The van der Waals surface area contributed by atoms with Crippen LogP contribution < -0.4 is 18.9 Å². The van der Waals surface area contributed by atoms with Crippen molar-refractivity contribution in [3.63, 3.8) is 0 Å². The highest BCUT2D eigenvalue weighted by atomic mass is 16.5. The predicted molar refractivity (Wildman–Crippen MR) is 198 cm³/mol. The van der Waals surface area contributed by atoms with Crippen molar-refractivity contribution in [2.45, 2.75) is 47.5 Å². The van der Waals surface area contributed by atoms with E-state index in [1.807, 2.05) is 38.1 Å². The van der Waals surface area contributed by atoms with Crippen LogP contribution in [0.4, 0.5) is 0 Å². The maximum absolute atomic E-state index is 11.7. The average molecular weight is 698 g/mol. The van der Waals surface area contributed by atoms with Crippen molar-refractivity contribution in [3.05, 3.63) is 142 Å². The Morgan fingerprint density at radius 3 is 1.77 bits per heavy atom. The molecule has 0 saturated heterocycles. The third kappa shape index (κ3) is 9.81. The molecular weight excluding hydrogens is 658 g/mol. The molecule has 5 aromatic rings. The van der Waals surface area contributed by atoms with E-state index in [4.69, 9.17) is 18.9 Å². The molecule has 5 rings (SSSR count). The molecule has 0 unspecified atom stereocenters. The molecule has 52 heavy (non-hydrogen) atoms. The Morgan fingerprint density at radius 1 is 0.712 bits per heavy atom. The highest BCUT2D eigenvalue weighted by molar-refractivity contribution is 5.79. The lowest BCUT2D eigenvalue weighted by Crippen LogP contribution is -2.06. The number of hydrogen-bond donors (Lipinski definition) is 0. The van der Waals surface area contributed by atoms with E-state index in [9.17, 15) is 9.59 Å². The molecule has 264 valence electrons. The summed E-state index contributed by atoms with van der Waals surface area (Å²) in [5.41, 5.74) is 9.23. The van der Waals surface area contributed by atoms with Gasteiger partial charge < -0.3 is 18.9 Å². The fourth-order valence-electron chi connectivity index (χ4n) is 5.07. The molecule has 0 aliphatic heterocycles. The number of hydrogen-bond acceptors (Lipinski definition) is 11. The van der Waals surface area contributed by atoms with Crippen LogP contribution in [0.15, 0.2) is 108 Å². The first kappa shape index (κ1) is 36.8. The molecule has 11 heteroatoms. The summed E-state index contributed by atoms with van der Waals surface area (Å²) < 4.78 is 23.8. The van der Waals surface area contributed by atoms with E-state index >= 15 is 0 Å². The summed E-state index contributed by atoms with van der Waals surface area (Å²) in [6.07, 6.45) is 9.44. The second-order valence-electron chi connectivity index (χ2n) is 12.0. The van der Waals surface area contributed by atoms with Gasteiger partial charge in [-0.25, -0.2) is 9.97 Å². The van der Waals surface area contributed by atoms with Crippen molar-refractivity contribution in [3.8, 4) is 34.6 Å². The minimum Gasteiger partial charge on any atom is -0.473 e. The summed E-state index contributed by atoms with van der Waals surface area (Å²) in [4.78, 5) is 44.3. The van der Waals surface area contributed by atoms with Crippen molar-refractivity contribution in [2.75, 3.05) is 6.61 Å². The first-order chi connectivity index (χ1) is 25.2. The Morgan fingerprint density at radius 2 is 1.25 bits per heavy atom. The molecule has 11 nitrogen and oxygen atoms in total. The standard InChI is InChI=1S/C41H39N5O6/c1-27(2)16-42-17-28(3)22-51-40-32(20-47)12-14-38(45-40)49-24-34-8-6-10-36(29(34)4)37-11-7-9-35(30(37)5)25-50-39-15-13-33(21-48)41(46-39)52-23-31-18-43-26-44-19-31/h6-21,26H,1,22-25H2,2-5H3/b28-17+,42-16-. The summed E-state index contributed by atoms with van der Waals surface area (Å²) >= 11 is 0. The third-order valence-corrected chi connectivity index (χ3v) is 7.93. The molecule has 3 heterocycles. The molecule has 2 aromatic carbocycles. The van der Waals surface area contributed by atoms with Crippen molar-refractivity contribution in [1.82, 2.24) is 19.9 Å². The Bertz CT molecular complexity index is 2110. The van der Waals surface area contributed by atoms with Crippen molar-refractivity contribution in [1.29, 1.82) is 0 Å². The number of ether oxygens (including phenoxy) is 4. The molecule has 0 aliphatic carbocycles. The average Bonchev–Trinajstić information content (AvgIpc) is 3.16. The normalized spacial score (nSPS) is 11.3. The zero-order chi connectivity index (χ0) is 36.9. The molecule has 0 N–H and O–H groups in total. The SMILES string of the molecule is C=C(C)/C=N\C=C(/C)COc1nc(OCc2cccc(-c3cccc(COc4ccc(C=O)c(OCc5cncnc5)n4)c3C)c2C)ccc1C=O. The van der Waals surface area contributed by atoms with Crippen LogP contribution >= 0.6 is 0 Å². The molecule has 0 amide bonds. The van der Waals surface area contributed by atoms with Gasteiger partial charge in [-0.1, -0.05) is 43.0 Å². The Labute approximate surface area is 302 Å². The van der Waals surface area contributed by atoms with E-state index in [2.05, 4.69) is 57.5 Å². The molecule has 0 aliphatic rings. The summed E-state index contributed by atoms with van der Waals surface area (Å²) in [6.45, 7) is 12.5. The van der Waals surface area contributed by atoms with Crippen LogP contribution in [0.5, 0.6) is 23.5 Å². The van der Waals surface area contributed by atoms with Gasteiger partial charge in [-0.05, 0) is 84.4 Å². The van der Waals surface area contributed by atoms with Crippen LogP contribution in [-0.2, 0) is 19.8 Å². The van der Waals surface area contributed by atoms with Gasteiger partial charge in [0.15, 0.2) is 12.6 Å². The van der Waals surface area contributed by atoms with Gasteiger partial charge in [-0.3, -0.25) is 14.6 Å². The van der Waals surface area contributed by atoms with Gasteiger partial charge in [0, 0.05) is 42.5 Å². The summed E-state index contributed by atoms with van der Waals surface area (Å²) in [5.74, 6) is 1.01.